The van der Waals surface area contributed by atoms with Crippen molar-refractivity contribution in [3.8, 4) is 0 Å². The lowest BCUT2D eigenvalue weighted by molar-refractivity contribution is 0.201. The number of anilines is 1. The van der Waals surface area contributed by atoms with Gasteiger partial charge in [0.15, 0.2) is 0 Å². The zero-order valence-corrected chi connectivity index (χ0v) is 11.5. The Morgan fingerprint density at radius 1 is 1.41 bits per heavy atom. The number of methoxy groups -OCH3 is 1. The summed E-state index contributed by atoms with van der Waals surface area (Å²) in [4.78, 5) is 7.03. The molecule has 0 saturated carbocycles. The van der Waals surface area contributed by atoms with Crippen LogP contribution in [0.3, 0.4) is 0 Å². The minimum atomic E-state index is 0.598. The third-order valence-corrected chi connectivity index (χ3v) is 4.08. The summed E-state index contributed by atoms with van der Waals surface area (Å²) in [6.07, 6.45) is 6.04. The van der Waals surface area contributed by atoms with Gasteiger partial charge in [-0.1, -0.05) is 12.8 Å². The number of aromatic nitrogens is 2. The van der Waals surface area contributed by atoms with Gasteiger partial charge in [0, 0.05) is 37.6 Å². The zero-order chi connectivity index (χ0) is 12.1. The van der Waals surface area contributed by atoms with Gasteiger partial charge in [-0.3, -0.25) is 0 Å². The molecule has 0 radical (unpaired) electrons. The molecule has 1 saturated heterocycles. The summed E-state index contributed by atoms with van der Waals surface area (Å²) in [6, 6.07) is 0.598. The highest BCUT2D eigenvalue weighted by Gasteiger charge is 2.20. The molecule has 2 rings (SSSR count). The molecule has 1 atom stereocenters. The predicted molar refractivity (Wildman–Crippen MR) is 70.8 cm³/mol. The normalized spacial score (nSPS) is 21.5. The molecule has 17 heavy (non-hydrogen) atoms. The molecular weight excluding hydrogens is 234 g/mol. The van der Waals surface area contributed by atoms with E-state index >= 15 is 0 Å². The van der Waals surface area contributed by atoms with Gasteiger partial charge in [0.2, 0.25) is 5.13 Å². The summed E-state index contributed by atoms with van der Waals surface area (Å²) < 4.78 is 9.46. The van der Waals surface area contributed by atoms with Crippen molar-refractivity contribution < 1.29 is 4.74 Å². The first-order chi connectivity index (χ1) is 8.31. The molecule has 0 amide bonds. The predicted octanol–water partition coefficient (Wildman–Crippen LogP) is 2.50. The van der Waals surface area contributed by atoms with Crippen LogP contribution in [0.5, 0.6) is 0 Å². The Hall–Kier alpha value is -0.680. The van der Waals surface area contributed by atoms with Crippen molar-refractivity contribution in [2.45, 2.75) is 45.1 Å². The molecule has 1 aliphatic rings. The summed E-state index contributed by atoms with van der Waals surface area (Å²) in [5.74, 6) is 0.920. The Morgan fingerprint density at radius 2 is 2.29 bits per heavy atom. The van der Waals surface area contributed by atoms with Crippen LogP contribution in [-0.2, 0) is 11.2 Å². The van der Waals surface area contributed by atoms with E-state index in [4.69, 9.17) is 4.74 Å². The quantitative estimate of drug-likeness (QED) is 0.828. The lowest BCUT2D eigenvalue weighted by Gasteiger charge is -2.25. The number of nitrogens with zero attached hydrogens (tertiary/aromatic N) is 3. The third kappa shape index (κ3) is 3.39. The van der Waals surface area contributed by atoms with E-state index in [1.54, 1.807) is 7.11 Å². The van der Waals surface area contributed by atoms with Crippen molar-refractivity contribution in [3.05, 3.63) is 5.82 Å². The van der Waals surface area contributed by atoms with Crippen LogP contribution in [0.1, 0.15) is 38.4 Å². The SMILES string of the molecule is COCCc1nsc(N2CCCCCC2C)n1. The molecule has 1 unspecified atom stereocenters. The first-order valence-corrected chi connectivity index (χ1v) is 7.17. The van der Waals surface area contributed by atoms with Crippen molar-refractivity contribution in [2.75, 3.05) is 25.2 Å². The number of rotatable bonds is 4. The zero-order valence-electron chi connectivity index (χ0n) is 10.7. The minimum absolute atomic E-state index is 0.598. The van der Waals surface area contributed by atoms with Crippen molar-refractivity contribution >= 4 is 16.7 Å². The van der Waals surface area contributed by atoms with Gasteiger partial charge in [-0.15, -0.1) is 0 Å². The van der Waals surface area contributed by atoms with E-state index in [1.807, 2.05) is 0 Å². The van der Waals surface area contributed by atoms with Crippen molar-refractivity contribution in [3.63, 3.8) is 0 Å². The van der Waals surface area contributed by atoms with Crippen LogP contribution in [0.2, 0.25) is 0 Å². The molecular formula is C12H21N3OS. The maximum Gasteiger partial charge on any atom is 0.205 e. The lowest BCUT2D eigenvalue weighted by atomic mass is 10.1. The molecule has 2 heterocycles. The van der Waals surface area contributed by atoms with E-state index in [1.165, 1.54) is 37.2 Å². The van der Waals surface area contributed by atoms with Gasteiger partial charge in [-0.05, 0) is 19.8 Å². The molecule has 1 aliphatic heterocycles. The van der Waals surface area contributed by atoms with Crippen LogP contribution in [-0.4, -0.2) is 35.7 Å². The molecule has 0 N–H and O–H groups in total. The Balaban J connectivity index is 2.01. The average molecular weight is 255 g/mol. The van der Waals surface area contributed by atoms with Gasteiger partial charge in [-0.25, -0.2) is 4.98 Å². The Labute approximate surface area is 107 Å². The standard InChI is InChI=1S/C12H21N3OS/c1-10-6-4-3-5-8-15(10)12-13-11(14-17-12)7-9-16-2/h10H,3-9H2,1-2H3. The number of hydrogen-bond acceptors (Lipinski definition) is 5. The minimum Gasteiger partial charge on any atom is -0.384 e. The van der Waals surface area contributed by atoms with Gasteiger partial charge in [0.05, 0.1) is 6.61 Å². The van der Waals surface area contributed by atoms with E-state index in [0.717, 1.165) is 23.9 Å². The van der Waals surface area contributed by atoms with E-state index in [2.05, 4.69) is 21.2 Å². The maximum atomic E-state index is 5.05. The summed E-state index contributed by atoms with van der Waals surface area (Å²) in [5, 5.41) is 1.09. The molecule has 96 valence electrons. The Bertz CT molecular complexity index is 342. The maximum absolute atomic E-state index is 5.05. The molecule has 1 aromatic heterocycles. The van der Waals surface area contributed by atoms with Crippen LogP contribution in [0.4, 0.5) is 5.13 Å². The fourth-order valence-corrected chi connectivity index (χ4v) is 3.06. The number of hydrogen-bond donors (Lipinski definition) is 0. The summed E-state index contributed by atoms with van der Waals surface area (Å²) in [5.41, 5.74) is 0. The highest BCUT2D eigenvalue weighted by molar-refractivity contribution is 7.09. The topological polar surface area (TPSA) is 38.2 Å². The molecule has 0 spiro atoms. The third-order valence-electron chi connectivity index (χ3n) is 3.29. The lowest BCUT2D eigenvalue weighted by Crippen LogP contribution is -2.32. The van der Waals surface area contributed by atoms with Crippen LogP contribution in [0, 0.1) is 0 Å². The van der Waals surface area contributed by atoms with Crippen molar-refractivity contribution in [2.24, 2.45) is 0 Å². The average Bonchev–Trinajstić information content (AvgIpc) is 2.69. The summed E-state index contributed by atoms with van der Waals surface area (Å²) in [7, 11) is 1.71. The van der Waals surface area contributed by atoms with Crippen LogP contribution in [0.15, 0.2) is 0 Å². The van der Waals surface area contributed by atoms with Gasteiger partial charge >= 0.3 is 0 Å². The largest absolute Gasteiger partial charge is 0.384 e. The smallest absolute Gasteiger partial charge is 0.205 e. The van der Waals surface area contributed by atoms with Gasteiger partial charge < -0.3 is 9.64 Å². The molecule has 1 aromatic rings. The van der Waals surface area contributed by atoms with E-state index in [-0.39, 0.29) is 0 Å². The second-order valence-corrected chi connectivity index (χ2v) is 5.36. The Morgan fingerprint density at radius 3 is 3.12 bits per heavy atom. The fraction of sp³-hybridized carbons (Fsp3) is 0.833. The molecule has 5 heteroatoms. The van der Waals surface area contributed by atoms with Crippen molar-refractivity contribution in [1.29, 1.82) is 0 Å². The molecule has 0 bridgehead atoms. The second kappa shape index (κ2) is 6.31. The summed E-state index contributed by atoms with van der Waals surface area (Å²) in [6.45, 7) is 4.12. The van der Waals surface area contributed by atoms with E-state index in [9.17, 15) is 0 Å². The first kappa shape index (κ1) is 12.8. The molecule has 0 aliphatic carbocycles. The van der Waals surface area contributed by atoms with Gasteiger partial charge in [0.1, 0.15) is 5.82 Å². The van der Waals surface area contributed by atoms with E-state index < -0.39 is 0 Å². The number of ether oxygens (including phenoxy) is 1. The van der Waals surface area contributed by atoms with Crippen LogP contribution in [0.25, 0.3) is 0 Å². The molecule has 0 aromatic carbocycles. The first-order valence-electron chi connectivity index (χ1n) is 6.39. The Kier molecular flexibility index (Phi) is 4.74. The highest BCUT2D eigenvalue weighted by Crippen LogP contribution is 2.25. The van der Waals surface area contributed by atoms with Crippen molar-refractivity contribution in [1.82, 2.24) is 9.36 Å². The molecule has 1 fully saturated rings. The molecule has 4 nitrogen and oxygen atoms in total. The van der Waals surface area contributed by atoms with E-state index in [0.29, 0.717) is 12.6 Å². The highest BCUT2D eigenvalue weighted by atomic mass is 32.1. The fourth-order valence-electron chi connectivity index (χ4n) is 2.22. The summed E-state index contributed by atoms with van der Waals surface area (Å²) >= 11 is 1.53. The second-order valence-electron chi connectivity index (χ2n) is 4.63. The van der Waals surface area contributed by atoms with Crippen LogP contribution >= 0.6 is 11.5 Å². The van der Waals surface area contributed by atoms with Crippen LogP contribution < -0.4 is 4.90 Å². The monoisotopic (exact) mass is 255 g/mol. The van der Waals surface area contributed by atoms with Gasteiger partial charge in [0.25, 0.3) is 0 Å². The van der Waals surface area contributed by atoms with Gasteiger partial charge in [-0.2, -0.15) is 4.37 Å².